The van der Waals surface area contributed by atoms with Gasteiger partial charge in [-0.2, -0.15) is 0 Å². The summed E-state index contributed by atoms with van der Waals surface area (Å²) in [7, 11) is -1.29. The van der Waals surface area contributed by atoms with E-state index in [0.29, 0.717) is 13.2 Å². The molecule has 2 saturated heterocycles. The Hall–Kier alpha value is -0.990. The van der Waals surface area contributed by atoms with E-state index < -0.39 is 10.0 Å². The second-order valence-electron chi connectivity index (χ2n) is 6.85. The zero-order valence-corrected chi connectivity index (χ0v) is 14.9. The number of nitrogens with one attached hydrogen (secondary N) is 1. The summed E-state index contributed by atoms with van der Waals surface area (Å²) in [5.41, 5.74) is 0.494. The van der Waals surface area contributed by atoms with Crippen molar-refractivity contribution in [2.24, 2.45) is 0 Å². The predicted molar refractivity (Wildman–Crippen MR) is 92.2 cm³/mol. The highest BCUT2D eigenvalue weighted by Gasteiger charge is 2.42. The van der Waals surface area contributed by atoms with Gasteiger partial charge in [0.2, 0.25) is 10.0 Å². The van der Waals surface area contributed by atoms with Crippen molar-refractivity contribution in [1.82, 2.24) is 9.62 Å². The number of sulfonamides is 1. The van der Waals surface area contributed by atoms with Gasteiger partial charge in [0.25, 0.3) is 0 Å². The smallest absolute Gasteiger partial charge is 0.215 e. The van der Waals surface area contributed by atoms with Gasteiger partial charge in [-0.1, -0.05) is 30.3 Å². The lowest BCUT2D eigenvalue weighted by Crippen LogP contribution is -2.44. The van der Waals surface area contributed by atoms with Gasteiger partial charge in [0.15, 0.2) is 0 Å². The molecule has 1 N–H and O–H groups in total. The Bertz CT molecular complexity index is 637. The predicted octanol–water partition coefficient (Wildman–Crippen LogP) is 0.986. The van der Waals surface area contributed by atoms with E-state index in [1.807, 2.05) is 30.3 Å². The first-order chi connectivity index (χ1) is 11.5. The molecular formula is C17H26N2O4S. The zero-order valence-electron chi connectivity index (χ0n) is 14.1. The topological polar surface area (TPSA) is 67.9 Å². The summed E-state index contributed by atoms with van der Waals surface area (Å²) in [6, 6.07) is 9.20. The van der Waals surface area contributed by atoms with Crippen molar-refractivity contribution in [3.63, 3.8) is 0 Å². The molecule has 1 aromatic rings. The van der Waals surface area contributed by atoms with E-state index in [2.05, 4.69) is 16.7 Å². The molecule has 0 aliphatic carbocycles. The molecule has 0 radical (unpaired) electrons. The molecule has 2 aliphatic rings. The number of likely N-dealkylation sites (N-methyl/N-ethyl adjacent to an activating group) is 1. The lowest BCUT2D eigenvalue weighted by molar-refractivity contribution is -0.0824. The van der Waals surface area contributed by atoms with Crippen LogP contribution in [0.15, 0.2) is 30.3 Å². The quantitative estimate of drug-likeness (QED) is 0.854. The molecule has 3 rings (SSSR count). The Kier molecular flexibility index (Phi) is 5.56. The van der Waals surface area contributed by atoms with E-state index in [0.717, 1.165) is 38.1 Å². The Balaban J connectivity index is 1.52. The fourth-order valence-electron chi connectivity index (χ4n) is 3.42. The largest absolute Gasteiger partial charge is 0.377 e. The van der Waals surface area contributed by atoms with Gasteiger partial charge < -0.3 is 14.4 Å². The third-order valence-electron chi connectivity index (χ3n) is 4.61. The summed E-state index contributed by atoms with van der Waals surface area (Å²) in [4.78, 5) is 2.22. The number of hydrogen-bond acceptors (Lipinski definition) is 5. The Morgan fingerprint density at radius 3 is 2.92 bits per heavy atom. The van der Waals surface area contributed by atoms with Crippen molar-refractivity contribution < 1.29 is 17.9 Å². The minimum atomic E-state index is -3.35. The van der Waals surface area contributed by atoms with Crippen LogP contribution in [0.3, 0.4) is 0 Å². The van der Waals surface area contributed by atoms with Crippen LogP contribution in [0.1, 0.15) is 18.4 Å². The monoisotopic (exact) mass is 354 g/mol. The first-order valence-corrected chi connectivity index (χ1v) is 10.1. The van der Waals surface area contributed by atoms with Crippen LogP contribution in [0.25, 0.3) is 0 Å². The molecule has 1 aromatic carbocycles. The molecule has 0 saturated carbocycles. The lowest BCUT2D eigenvalue weighted by Gasteiger charge is -2.30. The van der Waals surface area contributed by atoms with Gasteiger partial charge in [0, 0.05) is 19.6 Å². The molecule has 6 nitrogen and oxygen atoms in total. The standard InChI is InChI=1S/C17H26N2O4S/c1-19-9-10-22-14-17(13-19)8-7-16(23-17)11-18-24(20,21)12-15-5-3-2-4-6-15/h2-6,16,18H,7-14H2,1H3/t16-,17-/m0/s1. The van der Waals surface area contributed by atoms with Crippen molar-refractivity contribution >= 4 is 10.0 Å². The van der Waals surface area contributed by atoms with Crippen LogP contribution in [0.5, 0.6) is 0 Å². The minimum Gasteiger partial charge on any atom is -0.377 e. The summed E-state index contributed by atoms with van der Waals surface area (Å²) < 4.78 is 39.0. The maximum Gasteiger partial charge on any atom is 0.215 e. The van der Waals surface area contributed by atoms with Gasteiger partial charge in [-0.15, -0.1) is 0 Å². The molecule has 0 unspecified atom stereocenters. The van der Waals surface area contributed by atoms with Gasteiger partial charge >= 0.3 is 0 Å². The number of benzene rings is 1. The van der Waals surface area contributed by atoms with Gasteiger partial charge in [-0.05, 0) is 25.5 Å². The van der Waals surface area contributed by atoms with E-state index in [-0.39, 0.29) is 17.5 Å². The number of rotatable bonds is 5. The van der Waals surface area contributed by atoms with Gasteiger partial charge in [-0.25, -0.2) is 13.1 Å². The number of nitrogens with zero attached hydrogens (tertiary/aromatic N) is 1. The molecular weight excluding hydrogens is 328 g/mol. The van der Waals surface area contributed by atoms with Crippen LogP contribution in [0.4, 0.5) is 0 Å². The highest BCUT2D eigenvalue weighted by Crippen LogP contribution is 2.32. The van der Waals surface area contributed by atoms with Crippen LogP contribution in [-0.2, 0) is 25.2 Å². The maximum absolute atomic E-state index is 12.2. The highest BCUT2D eigenvalue weighted by atomic mass is 32.2. The van der Waals surface area contributed by atoms with Crippen molar-refractivity contribution in [3.05, 3.63) is 35.9 Å². The average Bonchev–Trinajstić information content (AvgIpc) is 2.84. The first-order valence-electron chi connectivity index (χ1n) is 8.42. The van der Waals surface area contributed by atoms with Crippen molar-refractivity contribution in [1.29, 1.82) is 0 Å². The molecule has 2 aliphatic heterocycles. The van der Waals surface area contributed by atoms with Gasteiger partial charge in [0.1, 0.15) is 5.60 Å². The zero-order chi connectivity index (χ0) is 17.0. The molecule has 0 amide bonds. The normalized spacial score (nSPS) is 29.0. The molecule has 0 bridgehead atoms. The van der Waals surface area contributed by atoms with E-state index in [1.54, 1.807) is 0 Å². The summed E-state index contributed by atoms with van der Waals surface area (Å²) in [5, 5.41) is 0. The Labute approximate surface area is 144 Å². The molecule has 24 heavy (non-hydrogen) atoms. The molecule has 2 fully saturated rings. The summed E-state index contributed by atoms with van der Waals surface area (Å²) in [6.07, 6.45) is 1.67. The summed E-state index contributed by atoms with van der Waals surface area (Å²) in [6.45, 7) is 3.36. The van der Waals surface area contributed by atoms with Crippen LogP contribution >= 0.6 is 0 Å². The van der Waals surface area contributed by atoms with Crippen LogP contribution < -0.4 is 4.72 Å². The fourth-order valence-corrected chi connectivity index (χ4v) is 4.59. The third-order valence-corrected chi connectivity index (χ3v) is 5.93. The third kappa shape index (κ3) is 4.77. The second-order valence-corrected chi connectivity index (χ2v) is 8.65. The Morgan fingerprint density at radius 2 is 2.12 bits per heavy atom. The fraction of sp³-hybridized carbons (Fsp3) is 0.647. The van der Waals surface area contributed by atoms with E-state index in [1.165, 1.54) is 0 Å². The molecule has 0 aromatic heterocycles. The lowest BCUT2D eigenvalue weighted by atomic mass is 10.0. The minimum absolute atomic E-state index is 0.00243. The van der Waals surface area contributed by atoms with Crippen molar-refractivity contribution in [2.75, 3.05) is 39.9 Å². The van der Waals surface area contributed by atoms with Crippen molar-refractivity contribution in [2.45, 2.75) is 30.3 Å². The SMILES string of the molecule is CN1CCOC[C@]2(CC[C@@H](CNS(=O)(=O)Cc3ccccc3)O2)C1. The molecule has 1 spiro atoms. The van der Waals surface area contributed by atoms with Crippen LogP contribution in [0.2, 0.25) is 0 Å². The maximum atomic E-state index is 12.2. The van der Waals surface area contributed by atoms with E-state index >= 15 is 0 Å². The summed E-state index contributed by atoms with van der Waals surface area (Å²) >= 11 is 0. The van der Waals surface area contributed by atoms with Gasteiger partial charge in [-0.3, -0.25) is 0 Å². The molecule has 134 valence electrons. The van der Waals surface area contributed by atoms with Gasteiger partial charge in [0.05, 0.1) is 25.1 Å². The van der Waals surface area contributed by atoms with E-state index in [4.69, 9.17) is 9.47 Å². The average molecular weight is 354 g/mol. The highest BCUT2D eigenvalue weighted by molar-refractivity contribution is 7.88. The Morgan fingerprint density at radius 1 is 1.33 bits per heavy atom. The van der Waals surface area contributed by atoms with Crippen LogP contribution in [0, 0.1) is 0 Å². The summed E-state index contributed by atoms with van der Waals surface area (Å²) in [5.74, 6) is -0.00243. The number of hydrogen-bond donors (Lipinski definition) is 1. The molecule has 2 heterocycles. The van der Waals surface area contributed by atoms with E-state index in [9.17, 15) is 8.42 Å². The second kappa shape index (κ2) is 7.49. The van der Waals surface area contributed by atoms with Crippen LogP contribution in [-0.4, -0.2) is 64.9 Å². The van der Waals surface area contributed by atoms with Crippen molar-refractivity contribution in [3.8, 4) is 0 Å². The number of ether oxygens (including phenoxy) is 2. The molecule has 7 heteroatoms. The molecule has 2 atom stereocenters. The first kappa shape index (κ1) is 17.8.